The zero-order chi connectivity index (χ0) is 5.86. The molecular formula is C6H10O. The Morgan fingerprint density at radius 2 is 2.00 bits per heavy atom. The fourth-order valence-electron chi connectivity index (χ4n) is 0.148. The lowest BCUT2D eigenvalue weighted by Crippen LogP contribution is -1.74. The van der Waals surface area contributed by atoms with Gasteiger partial charge in [0.05, 0.1) is 5.76 Å². The van der Waals surface area contributed by atoms with E-state index < -0.39 is 0 Å². The highest BCUT2D eigenvalue weighted by atomic mass is 16.3. The number of rotatable bonds is 1. The number of allylic oxidation sites excluding steroid dienone is 3. The van der Waals surface area contributed by atoms with E-state index in [1.165, 1.54) is 0 Å². The third kappa shape index (κ3) is 2.04. The van der Waals surface area contributed by atoms with Crippen molar-refractivity contribution in [3.05, 3.63) is 24.0 Å². The van der Waals surface area contributed by atoms with Crippen molar-refractivity contribution >= 4 is 0 Å². The van der Waals surface area contributed by atoms with Crippen LogP contribution < -0.4 is 0 Å². The number of hydrogen-bond acceptors (Lipinski definition) is 1. The van der Waals surface area contributed by atoms with Gasteiger partial charge in [0.15, 0.2) is 0 Å². The van der Waals surface area contributed by atoms with E-state index >= 15 is 0 Å². The minimum atomic E-state index is 0.343. The van der Waals surface area contributed by atoms with Crippen LogP contribution in [0.1, 0.15) is 13.8 Å². The SMILES string of the molecule is C=CC(C)=C(C)O. The minimum Gasteiger partial charge on any atom is -0.512 e. The first-order valence-corrected chi connectivity index (χ1v) is 2.17. The molecule has 1 heteroatoms. The average molecular weight is 98.1 g/mol. The molecule has 0 fully saturated rings. The molecule has 0 bridgehead atoms. The van der Waals surface area contributed by atoms with Crippen LogP contribution in [0.4, 0.5) is 0 Å². The molecule has 0 aliphatic heterocycles. The standard InChI is InChI=1S/C6H10O/c1-4-5(2)6(3)7/h4,7H,1H2,2-3H3. The van der Waals surface area contributed by atoms with Crippen molar-refractivity contribution in [2.45, 2.75) is 13.8 Å². The van der Waals surface area contributed by atoms with Crippen LogP contribution in [-0.4, -0.2) is 5.11 Å². The quantitative estimate of drug-likeness (QED) is 0.393. The zero-order valence-corrected chi connectivity index (χ0v) is 4.73. The first kappa shape index (κ1) is 6.28. The van der Waals surface area contributed by atoms with Gasteiger partial charge in [-0.15, -0.1) is 0 Å². The Kier molecular flexibility index (Phi) is 2.20. The molecule has 0 aromatic carbocycles. The van der Waals surface area contributed by atoms with Gasteiger partial charge in [-0.25, -0.2) is 0 Å². The number of hydrogen-bond donors (Lipinski definition) is 1. The molecule has 0 radical (unpaired) electrons. The van der Waals surface area contributed by atoms with Gasteiger partial charge in [-0.05, 0) is 19.4 Å². The van der Waals surface area contributed by atoms with Crippen molar-refractivity contribution in [2.75, 3.05) is 0 Å². The molecule has 0 saturated heterocycles. The second-order valence-corrected chi connectivity index (χ2v) is 1.47. The van der Waals surface area contributed by atoms with Crippen LogP contribution >= 0.6 is 0 Å². The molecule has 0 heterocycles. The highest BCUT2D eigenvalue weighted by molar-refractivity contribution is 5.14. The van der Waals surface area contributed by atoms with Gasteiger partial charge < -0.3 is 5.11 Å². The van der Waals surface area contributed by atoms with E-state index in [9.17, 15) is 0 Å². The molecule has 0 unspecified atom stereocenters. The van der Waals surface area contributed by atoms with E-state index in [1.54, 1.807) is 13.0 Å². The second kappa shape index (κ2) is 2.45. The lowest BCUT2D eigenvalue weighted by atomic mass is 10.3. The summed E-state index contributed by atoms with van der Waals surface area (Å²) < 4.78 is 0. The van der Waals surface area contributed by atoms with Gasteiger partial charge in [-0.3, -0.25) is 0 Å². The molecule has 0 spiro atoms. The molecule has 7 heavy (non-hydrogen) atoms. The maximum absolute atomic E-state index is 8.63. The lowest BCUT2D eigenvalue weighted by molar-refractivity contribution is 0.409. The van der Waals surface area contributed by atoms with Gasteiger partial charge in [0, 0.05) is 0 Å². The molecule has 1 nitrogen and oxygen atoms in total. The molecular weight excluding hydrogens is 88.1 g/mol. The first-order valence-electron chi connectivity index (χ1n) is 2.17. The first-order chi connectivity index (χ1) is 3.18. The van der Waals surface area contributed by atoms with Gasteiger partial charge in [-0.1, -0.05) is 12.7 Å². The summed E-state index contributed by atoms with van der Waals surface area (Å²) in [5.41, 5.74) is 0.833. The molecule has 0 saturated carbocycles. The van der Waals surface area contributed by atoms with Gasteiger partial charge in [0.1, 0.15) is 0 Å². The molecule has 0 aliphatic carbocycles. The molecule has 0 amide bonds. The zero-order valence-electron chi connectivity index (χ0n) is 4.73. The van der Waals surface area contributed by atoms with E-state index in [0.717, 1.165) is 5.57 Å². The van der Waals surface area contributed by atoms with Gasteiger partial charge in [-0.2, -0.15) is 0 Å². The summed E-state index contributed by atoms with van der Waals surface area (Å²) in [6.45, 7) is 6.91. The van der Waals surface area contributed by atoms with Crippen molar-refractivity contribution in [1.29, 1.82) is 0 Å². The van der Waals surface area contributed by atoms with Crippen molar-refractivity contribution in [1.82, 2.24) is 0 Å². The van der Waals surface area contributed by atoms with Crippen LogP contribution in [0.3, 0.4) is 0 Å². The van der Waals surface area contributed by atoms with Crippen molar-refractivity contribution < 1.29 is 5.11 Å². The highest BCUT2D eigenvalue weighted by Crippen LogP contribution is 1.97. The topological polar surface area (TPSA) is 20.2 Å². The van der Waals surface area contributed by atoms with Crippen molar-refractivity contribution in [3.63, 3.8) is 0 Å². The van der Waals surface area contributed by atoms with Crippen LogP contribution in [0.15, 0.2) is 24.0 Å². The normalized spacial score (nSPS) is 12.9. The predicted octanol–water partition coefficient (Wildman–Crippen LogP) is 2.02. The summed E-state index contributed by atoms with van der Waals surface area (Å²) in [5, 5.41) is 8.63. The summed E-state index contributed by atoms with van der Waals surface area (Å²) in [5.74, 6) is 0.343. The molecule has 0 aliphatic rings. The fourth-order valence-corrected chi connectivity index (χ4v) is 0.148. The monoisotopic (exact) mass is 98.1 g/mol. The Hall–Kier alpha value is -0.720. The summed E-state index contributed by atoms with van der Waals surface area (Å²) >= 11 is 0. The fraction of sp³-hybridized carbons (Fsp3) is 0.333. The summed E-state index contributed by atoms with van der Waals surface area (Å²) in [6, 6.07) is 0. The summed E-state index contributed by atoms with van der Waals surface area (Å²) in [7, 11) is 0. The smallest absolute Gasteiger partial charge is 0.0920 e. The summed E-state index contributed by atoms with van der Waals surface area (Å²) in [4.78, 5) is 0. The third-order valence-corrected chi connectivity index (χ3v) is 0.877. The Morgan fingerprint density at radius 3 is 2.00 bits per heavy atom. The third-order valence-electron chi connectivity index (χ3n) is 0.877. The van der Waals surface area contributed by atoms with E-state index in [4.69, 9.17) is 5.11 Å². The molecule has 0 aromatic heterocycles. The highest BCUT2D eigenvalue weighted by Gasteiger charge is 1.82. The average Bonchev–Trinajstić information content (AvgIpc) is 1.65. The van der Waals surface area contributed by atoms with E-state index in [0.29, 0.717) is 5.76 Å². The van der Waals surface area contributed by atoms with Gasteiger partial charge >= 0.3 is 0 Å². The summed E-state index contributed by atoms with van der Waals surface area (Å²) in [6.07, 6.45) is 1.62. The number of aliphatic hydroxyl groups is 1. The maximum atomic E-state index is 8.63. The Labute approximate surface area is 44.0 Å². The number of aliphatic hydroxyl groups excluding tert-OH is 1. The molecule has 0 aromatic rings. The Balaban J connectivity index is 3.98. The van der Waals surface area contributed by atoms with Crippen LogP contribution in [0, 0.1) is 0 Å². The van der Waals surface area contributed by atoms with Gasteiger partial charge in [0.25, 0.3) is 0 Å². The van der Waals surface area contributed by atoms with Crippen LogP contribution in [0.2, 0.25) is 0 Å². The van der Waals surface area contributed by atoms with Crippen LogP contribution in [0.25, 0.3) is 0 Å². The molecule has 40 valence electrons. The maximum Gasteiger partial charge on any atom is 0.0920 e. The van der Waals surface area contributed by atoms with E-state index in [1.807, 2.05) is 6.92 Å². The molecule has 1 N–H and O–H groups in total. The largest absolute Gasteiger partial charge is 0.512 e. The molecule has 0 atom stereocenters. The van der Waals surface area contributed by atoms with Crippen LogP contribution in [-0.2, 0) is 0 Å². The van der Waals surface area contributed by atoms with E-state index in [2.05, 4.69) is 6.58 Å². The second-order valence-electron chi connectivity index (χ2n) is 1.47. The predicted molar refractivity (Wildman–Crippen MR) is 31.2 cm³/mol. The van der Waals surface area contributed by atoms with Gasteiger partial charge in [0.2, 0.25) is 0 Å². The van der Waals surface area contributed by atoms with Crippen molar-refractivity contribution in [3.8, 4) is 0 Å². The van der Waals surface area contributed by atoms with Crippen molar-refractivity contribution in [2.24, 2.45) is 0 Å². The lowest BCUT2D eigenvalue weighted by Gasteiger charge is -1.89. The minimum absolute atomic E-state index is 0.343. The molecule has 0 rings (SSSR count). The van der Waals surface area contributed by atoms with Crippen LogP contribution in [0.5, 0.6) is 0 Å². The van der Waals surface area contributed by atoms with E-state index in [-0.39, 0.29) is 0 Å². The Bertz CT molecular complexity index is 96.7. The Morgan fingerprint density at radius 1 is 1.57 bits per heavy atom.